The molecule has 142 valence electrons. The Kier molecular flexibility index (Phi) is 4.47. The molecule has 27 heavy (non-hydrogen) atoms. The number of hydrogen-bond acceptors (Lipinski definition) is 4. The van der Waals surface area contributed by atoms with E-state index >= 15 is 0 Å². The lowest BCUT2D eigenvalue weighted by Crippen LogP contribution is -2.29. The van der Waals surface area contributed by atoms with Crippen LogP contribution in [0.2, 0.25) is 0 Å². The fourth-order valence-electron chi connectivity index (χ4n) is 2.79. The lowest BCUT2D eigenvalue weighted by Gasteiger charge is -2.19. The van der Waals surface area contributed by atoms with Gasteiger partial charge in [-0.1, -0.05) is 32.9 Å². The van der Waals surface area contributed by atoms with E-state index in [1.807, 2.05) is 12.1 Å². The van der Waals surface area contributed by atoms with Crippen LogP contribution in [-0.2, 0) is 15.4 Å². The first-order valence-corrected chi connectivity index (χ1v) is 9.86. The first-order chi connectivity index (χ1) is 12.5. The first-order valence-electron chi connectivity index (χ1n) is 8.38. The van der Waals surface area contributed by atoms with E-state index in [1.165, 1.54) is 12.1 Å². The molecule has 3 rings (SSSR count). The molecule has 0 aliphatic heterocycles. The third-order valence-corrected chi connectivity index (χ3v) is 5.83. The van der Waals surface area contributed by atoms with Crippen LogP contribution in [0.4, 0.5) is 5.69 Å². The molecule has 0 spiro atoms. The molecule has 0 atom stereocenters. The van der Waals surface area contributed by atoms with Crippen molar-refractivity contribution in [1.29, 1.82) is 0 Å². The van der Waals surface area contributed by atoms with Gasteiger partial charge in [0.25, 0.3) is 10.0 Å². The number of hydrogen-bond donors (Lipinski definition) is 3. The molecule has 0 fully saturated rings. The van der Waals surface area contributed by atoms with Gasteiger partial charge in [-0.15, -0.1) is 0 Å². The van der Waals surface area contributed by atoms with Crippen LogP contribution in [0.1, 0.15) is 31.9 Å². The molecule has 0 radical (unpaired) electrons. The maximum absolute atomic E-state index is 12.8. The molecular weight excluding hydrogens is 366 g/mol. The molecule has 0 aliphatic carbocycles. The van der Waals surface area contributed by atoms with Crippen molar-refractivity contribution in [2.45, 2.75) is 38.0 Å². The van der Waals surface area contributed by atoms with Gasteiger partial charge in [0, 0.05) is 5.69 Å². The lowest BCUT2D eigenvalue weighted by molar-refractivity contribution is 0.590. The summed E-state index contributed by atoms with van der Waals surface area (Å²) in [7, 11) is -3.87. The quantitative estimate of drug-likeness (QED) is 0.600. The number of aryl methyl sites for hydroxylation is 1. The van der Waals surface area contributed by atoms with Crippen LogP contribution in [-0.4, -0.2) is 18.4 Å². The molecule has 0 aliphatic rings. The largest absolute Gasteiger partial charge is 0.316 e. The van der Waals surface area contributed by atoms with E-state index in [9.17, 15) is 18.0 Å². The van der Waals surface area contributed by atoms with Gasteiger partial charge in [0.15, 0.2) is 0 Å². The van der Waals surface area contributed by atoms with Crippen LogP contribution in [0.15, 0.2) is 50.9 Å². The lowest BCUT2D eigenvalue weighted by atomic mass is 9.87. The fourth-order valence-corrected chi connectivity index (χ4v) is 4.10. The zero-order valence-corrected chi connectivity index (χ0v) is 16.3. The standard InChI is InChI=1S/C19H21N3O4S/c1-11-9-14-15(21-18(24)17(23)20-14)10-16(11)27(25,26)22-13-7-5-12(6-8-13)19(2,3)4/h5-10,22H,1-4H3,(H,20,23)(H,21,24). The van der Waals surface area contributed by atoms with Crippen LogP contribution in [0, 0.1) is 6.92 Å². The Morgan fingerprint density at radius 2 is 1.41 bits per heavy atom. The molecule has 2 aromatic carbocycles. The summed E-state index contributed by atoms with van der Waals surface area (Å²) in [6, 6.07) is 10.1. The highest BCUT2D eigenvalue weighted by atomic mass is 32.2. The van der Waals surface area contributed by atoms with E-state index in [0.29, 0.717) is 16.8 Å². The number of H-pyrrole nitrogens is 2. The Labute approximate surface area is 156 Å². The van der Waals surface area contributed by atoms with Crippen molar-refractivity contribution in [3.8, 4) is 0 Å². The SMILES string of the molecule is Cc1cc2[nH]c(=O)c(=O)[nH]c2cc1S(=O)(=O)Nc1ccc(C(C)(C)C)cc1. The minimum atomic E-state index is -3.87. The monoisotopic (exact) mass is 387 g/mol. The zero-order valence-electron chi connectivity index (χ0n) is 15.5. The third kappa shape index (κ3) is 3.80. The zero-order chi connectivity index (χ0) is 20.0. The smallest absolute Gasteiger partial charge is 0.314 e. The number of anilines is 1. The molecule has 3 N–H and O–H groups in total. The summed E-state index contributed by atoms with van der Waals surface area (Å²) in [5, 5.41) is 0. The number of aromatic nitrogens is 2. The van der Waals surface area contributed by atoms with Crippen LogP contribution >= 0.6 is 0 Å². The second kappa shape index (κ2) is 6.38. The van der Waals surface area contributed by atoms with Gasteiger partial charge in [-0.05, 0) is 47.7 Å². The van der Waals surface area contributed by atoms with Gasteiger partial charge in [0.05, 0.1) is 15.9 Å². The van der Waals surface area contributed by atoms with Crippen molar-refractivity contribution in [2.24, 2.45) is 0 Å². The minimum absolute atomic E-state index is 0.0256. The van der Waals surface area contributed by atoms with E-state index in [1.54, 1.807) is 19.1 Å². The fraction of sp³-hybridized carbons (Fsp3) is 0.263. The first kappa shape index (κ1) is 18.9. The molecule has 1 heterocycles. The Morgan fingerprint density at radius 3 is 1.93 bits per heavy atom. The topological polar surface area (TPSA) is 112 Å². The van der Waals surface area contributed by atoms with Gasteiger partial charge in [-0.25, -0.2) is 8.42 Å². The maximum atomic E-state index is 12.8. The van der Waals surface area contributed by atoms with Gasteiger partial charge in [0.1, 0.15) is 0 Å². The number of benzene rings is 2. The van der Waals surface area contributed by atoms with E-state index in [0.717, 1.165) is 5.56 Å². The van der Waals surface area contributed by atoms with Gasteiger partial charge in [-0.2, -0.15) is 0 Å². The Morgan fingerprint density at radius 1 is 0.889 bits per heavy atom. The third-order valence-electron chi connectivity index (χ3n) is 4.31. The number of aromatic amines is 2. The molecule has 0 saturated heterocycles. The van der Waals surface area contributed by atoms with Crippen molar-refractivity contribution in [1.82, 2.24) is 9.97 Å². The molecule has 3 aromatic rings. The highest BCUT2D eigenvalue weighted by Gasteiger charge is 2.19. The second-order valence-electron chi connectivity index (χ2n) is 7.50. The summed E-state index contributed by atoms with van der Waals surface area (Å²) < 4.78 is 28.2. The molecule has 1 aromatic heterocycles. The van der Waals surface area contributed by atoms with Gasteiger partial charge in [0.2, 0.25) is 0 Å². The molecular formula is C19H21N3O4S. The van der Waals surface area contributed by atoms with Crippen molar-refractivity contribution in [2.75, 3.05) is 4.72 Å². The van der Waals surface area contributed by atoms with Crippen molar-refractivity contribution in [3.63, 3.8) is 0 Å². The van der Waals surface area contributed by atoms with Crippen molar-refractivity contribution in [3.05, 3.63) is 68.2 Å². The van der Waals surface area contributed by atoms with E-state index in [4.69, 9.17) is 0 Å². The summed E-state index contributed by atoms with van der Waals surface area (Å²) in [5.74, 6) is 0. The molecule has 8 heteroatoms. The number of sulfonamides is 1. The summed E-state index contributed by atoms with van der Waals surface area (Å²) >= 11 is 0. The number of rotatable bonds is 3. The number of fused-ring (bicyclic) bond motifs is 1. The summed E-state index contributed by atoms with van der Waals surface area (Å²) in [5.41, 5.74) is 0.944. The van der Waals surface area contributed by atoms with E-state index in [-0.39, 0.29) is 15.8 Å². The maximum Gasteiger partial charge on any atom is 0.314 e. The molecule has 0 amide bonds. The Hall–Kier alpha value is -2.87. The van der Waals surface area contributed by atoms with Gasteiger partial charge in [-0.3, -0.25) is 14.3 Å². The highest BCUT2D eigenvalue weighted by Crippen LogP contribution is 2.26. The average molecular weight is 387 g/mol. The van der Waals surface area contributed by atoms with E-state index in [2.05, 4.69) is 35.5 Å². The summed E-state index contributed by atoms with van der Waals surface area (Å²) in [6.07, 6.45) is 0. The average Bonchev–Trinajstić information content (AvgIpc) is 2.55. The van der Waals surface area contributed by atoms with Crippen LogP contribution in [0.3, 0.4) is 0 Å². The number of nitrogens with one attached hydrogen (secondary N) is 3. The summed E-state index contributed by atoms with van der Waals surface area (Å²) in [4.78, 5) is 27.8. The van der Waals surface area contributed by atoms with Gasteiger partial charge >= 0.3 is 11.1 Å². The van der Waals surface area contributed by atoms with Crippen molar-refractivity contribution >= 4 is 26.7 Å². The Bertz CT molecular complexity index is 1230. The molecule has 0 saturated carbocycles. The highest BCUT2D eigenvalue weighted by molar-refractivity contribution is 7.92. The molecule has 0 unspecified atom stereocenters. The second-order valence-corrected chi connectivity index (χ2v) is 9.16. The predicted octanol–water partition coefficient (Wildman–Crippen LogP) is 2.62. The van der Waals surface area contributed by atoms with Crippen LogP contribution in [0.5, 0.6) is 0 Å². The van der Waals surface area contributed by atoms with E-state index < -0.39 is 21.1 Å². The predicted molar refractivity (Wildman–Crippen MR) is 106 cm³/mol. The van der Waals surface area contributed by atoms with Gasteiger partial charge < -0.3 is 9.97 Å². The summed E-state index contributed by atoms with van der Waals surface area (Å²) in [6.45, 7) is 7.86. The Balaban J connectivity index is 2.02. The van der Waals surface area contributed by atoms with Crippen LogP contribution in [0.25, 0.3) is 11.0 Å². The van der Waals surface area contributed by atoms with Crippen molar-refractivity contribution < 1.29 is 8.42 Å². The minimum Gasteiger partial charge on any atom is -0.316 e. The van der Waals surface area contributed by atoms with Crippen LogP contribution < -0.4 is 15.8 Å². The molecule has 0 bridgehead atoms. The normalized spacial score (nSPS) is 12.3. The molecule has 7 nitrogen and oxygen atoms in total.